The third-order valence-corrected chi connectivity index (χ3v) is 4.84. The molecule has 3 rings (SSSR count). The Morgan fingerprint density at radius 2 is 1.84 bits per heavy atom. The summed E-state index contributed by atoms with van der Waals surface area (Å²) in [5, 5.41) is 8.12. The summed E-state index contributed by atoms with van der Waals surface area (Å²) in [6.07, 6.45) is 0. The number of aryl methyl sites for hydroxylation is 2. The van der Waals surface area contributed by atoms with Gasteiger partial charge in [0.1, 0.15) is 5.82 Å². The molecule has 0 spiro atoms. The fraction of sp³-hybridized carbons (Fsp3) is 0.111. The van der Waals surface area contributed by atoms with E-state index in [1.165, 1.54) is 0 Å². The quantitative estimate of drug-likeness (QED) is 0.568. The zero-order chi connectivity index (χ0) is 18.1. The molecule has 1 aromatic heterocycles. The van der Waals surface area contributed by atoms with Crippen LogP contribution in [0.15, 0.2) is 46.9 Å². The van der Waals surface area contributed by atoms with E-state index in [4.69, 9.17) is 23.2 Å². The molecule has 3 aromatic rings. The molecule has 7 heteroatoms. The molecule has 0 saturated heterocycles. The van der Waals surface area contributed by atoms with Crippen LogP contribution >= 0.6 is 39.1 Å². The molecule has 0 atom stereocenters. The minimum absolute atomic E-state index is 0.300. The summed E-state index contributed by atoms with van der Waals surface area (Å²) in [5.74, 6) is 0.291. The Balaban J connectivity index is 2.00. The molecule has 0 unspecified atom stereocenters. The monoisotopic (exact) mass is 437 g/mol. The van der Waals surface area contributed by atoms with Gasteiger partial charge in [-0.15, -0.1) is 0 Å². The van der Waals surface area contributed by atoms with Crippen molar-refractivity contribution in [3.05, 3.63) is 68.2 Å². The molecular formula is C18H14BrCl2N3O. The predicted molar refractivity (Wildman–Crippen MR) is 105 cm³/mol. The fourth-order valence-electron chi connectivity index (χ4n) is 2.61. The zero-order valence-corrected chi connectivity index (χ0v) is 16.6. The first-order chi connectivity index (χ1) is 11.9. The maximum Gasteiger partial charge on any atom is 0.258 e. The summed E-state index contributed by atoms with van der Waals surface area (Å²) in [7, 11) is 1.79. The number of carbonyl (C=O) groups excluding carboxylic acids is 1. The van der Waals surface area contributed by atoms with Crippen molar-refractivity contribution in [2.24, 2.45) is 7.05 Å². The maximum absolute atomic E-state index is 12.7. The first kappa shape index (κ1) is 18.0. The van der Waals surface area contributed by atoms with Gasteiger partial charge in [0, 0.05) is 22.1 Å². The van der Waals surface area contributed by atoms with Crippen molar-refractivity contribution < 1.29 is 4.79 Å². The molecule has 0 saturated carbocycles. The Morgan fingerprint density at radius 3 is 2.48 bits per heavy atom. The first-order valence-electron chi connectivity index (χ1n) is 7.42. The minimum Gasteiger partial charge on any atom is -0.306 e. The van der Waals surface area contributed by atoms with Gasteiger partial charge in [0.2, 0.25) is 0 Å². The van der Waals surface area contributed by atoms with Crippen molar-refractivity contribution in [1.29, 1.82) is 0 Å². The number of rotatable bonds is 3. The number of carbonyl (C=O) groups is 1. The molecule has 2 aromatic carbocycles. The topological polar surface area (TPSA) is 46.9 Å². The van der Waals surface area contributed by atoms with Crippen molar-refractivity contribution in [1.82, 2.24) is 9.78 Å². The van der Waals surface area contributed by atoms with Gasteiger partial charge < -0.3 is 5.32 Å². The normalized spacial score (nSPS) is 10.8. The molecule has 1 amide bonds. The van der Waals surface area contributed by atoms with Gasteiger partial charge in [0.25, 0.3) is 5.91 Å². The van der Waals surface area contributed by atoms with Crippen LogP contribution in [-0.2, 0) is 7.05 Å². The van der Waals surface area contributed by atoms with E-state index in [9.17, 15) is 4.79 Å². The highest BCUT2D eigenvalue weighted by Crippen LogP contribution is 2.32. The highest BCUT2D eigenvalue weighted by molar-refractivity contribution is 9.10. The van der Waals surface area contributed by atoms with E-state index in [1.807, 2.05) is 31.2 Å². The molecule has 25 heavy (non-hydrogen) atoms. The molecule has 128 valence electrons. The van der Waals surface area contributed by atoms with E-state index < -0.39 is 0 Å². The van der Waals surface area contributed by atoms with Crippen LogP contribution in [0.4, 0.5) is 5.82 Å². The van der Waals surface area contributed by atoms with Crippen molar-refractivity contribution in [3.8, 4) is 11.1 Å². The standard InChI is InChI=1S/C18H14BrCl2N3O/c1-10-16(11-3-5-12(19)6-4-11)17(24(2)23-10)22-18(25)14-8-7-13(20)9-15(14)21/h3-9H,1-2H3,(H,22,25). The van der Waals surface area contributed by atoms with Crippen LogP contribution in [0, 0.1) is 6.92 Å². The third kappa shape index (κ3) is 3.73. The van der Waals surface area contributed by atoms with E-state index in [1.54, 1.807) is 29.9 Å². The number of hydrogen-bond donors (Lipinski definition) is 1. The second-order valence-corrected chi connectivity index (χ2v) is 7.28. The van der Waals surface area contributed by atoms with Gasteiger partial charge in [-0.3, -0.25) is 9.48 Å². The smallest absolute Gasteiger partial charge is 0.258 e. The summed E-state index contributed by atoms with van der Waals surface area (Å²) in [6, 6.07) is 12.6. The second kappa shape index (κ2) is 7.20. The van der Waals surface area contributed by atoms with Crippen LogP contribution < -0.4 is 5.32 Å². The number of anilines is 1. The lowest BCUT2D eigenvalue weighted by atomic mass is 10.1. The van der Waals surface area contributed by atoms with E-state index in [2.05, 4.69) is 26.3 Å². The number of aromatic nitrogens is 2. The van der Waals surface area contributed by atoms with Gasteiger partial charge >= 0.3 is 0 Å². The average Bonchev–Trinajstić information content (AvgIpc) is 2.82. The van der Waals surface area contributed by atoms with Gasteiger partial charge in [0.15, 0.2) is 0 Å². The molecule has 0 aliphatic carbocycles. The van der Waals surface area contributed by atoms with Crippen LogP contribution in [-0.4, -0.2) is 15.7 Å². The highest BCUT2D eigenvalue weighted by atomic mass is 79.9. The number of nitrogens with one attached hydrogen (secondary N) is 1. The molecule has 0 aliphatic rings. The van der Waals surface area contributed by atoms with E-state index >= 15 is 0 Å². The number of hydrogen-bond acceptors (Lipinski definition) is 2. The minimum atomic E-state index is -0.317. The van der Waals surface area contributed by atoms with E-state index in [-0.39, 0.29) is 5.91 Å². The van der Waals surface area contributed by atoms with Crippen LogP contribution in [0.3, 0.4) is 0 Å². The van der Waals surface area contributed by atoms with Gasteiger partial charge in [-0.05, 0) is 42.8 Å². The van der Waals surface area contributed by atoms with Crippen LogP contribution in [0.5, 0.6) is 0 Å². The molecule has 0 bridgehead atoms. The van der Waals surface area contributed by atoms with Crippen LogP contribution in [0.1, 0.15) is 16.1 Å². The lowest BCUT2D eigenvalue weighted by Crippen LogP contribution is -2.15. The predicted octanol–water partition coefficient (Wildman–Crippen LogP) is 5.72. The van der Waals surface area contributed by atoms with Crippen molar-refractivity contribution >= 4 is 50.9 Å². The van der Waals surface area contributed by atoms with E-state index in [0.29, 0.717) is 21.4 Å². The van der Waals surface area contributed by atoms with Gasteiger partial charge in [-0.2, -0.15) is 5.10 Å². The maximum atomic E-state index is 12.7. The molecule has 0 aliphatic heterocycles. The first-order valence-corrected chi connectivity index (χ1v) is 8.97. The van der Waals surface area contributed by atoms with Crippen molar-refractivity contribution in [2.45, 2.75) is 6.92 Å². The molecule has 0 radical (unpaired) electrons. The van der Waals surface area contributed by atoms with E-state index in [0.717, 1.165) is 21.3 Å². The Labute approximate surface area is 163 Å². The molecule has 0 fully saturated rings. The van der Waals surface area contributed by atoms with Crippen molar-refractivity contribution in [3.63, 3.8) is 0 Å². The van der Waals surface area contributed by atoms with Crippen LogP contribution in [0.25, 0.3) is 11.1 Å². The SMILES string of the molecule is Cc1nn(C)c(NC(=O)c2ccc(Cl)cc2Cl)c1-c1ccc(Br)cc1. The molecule has 1 N–H and O–H groups in total. The summed E-state index contributed by atoms with van der Waals surface area (Å²) in [6.45, 7) is 1.91. The summed E-state index contributed by atoms with van der Waals surface area (Å²) < 4.78 is 2.63. The van der Waals surface area contributed by atoms with Gasteiger partial charge in [0.05, 0.1) is 16.3 Å². The number of amides is 1. The number of halogens is 3. The summed E-state index contributed by atoms with van der Waals surface area (Å²) >= 11 is 15.5. The van der Waals surface area contributed by atoms with Crippen molar-refractivity contribution in [2.75, 3.05) is 5.32 Å². The summed E-state index contributed by atoms with van der Waals surface area (Å²) in [5.41, 5.74) is 3.01. The van der Waals surface area contributed by atoms with Crippen LogP contribution in [0.2, 0.25) is 10.0 Å². The largest absolute Gasteiger partial charge is 0.306 e. The average molecular weight is 439 g/mol. The Hall–Kier alpha value is -1.82. The highest BCUT2D eigenvalue weighted by Gasteiger charge is 2.19. The lowest BCUT2D eigenvalue weighted by Gasteiger charge is -2.10. The van der Waals surface area contributed by atoms with Gasteiger partial charge in [-0.1, -0.05) is 51.3 Å². The number of nitrogens with zero attached hydrogens (tertiary/aromatic N) is 2. The Kier molecular flexibility index (Phi) is 5.18. The van der Waals surface area contributed by atoms with Gasteiger partial charge in [-0.25, -0.2) is 0 Å². The zero-order valence-electron chi connectivity index (χ0n) is 13.5. The summed E-state index contributed by atoms with van der Waals surface area (Å²) in [4.78, 5) is 12.7. The molecular weight excluding hydrogens is 425 g/mol. The second-order valence-electron chi connectivity index (χ2n) is 5.52. The lowest BCUT2D eigenvalue weighted by molar-refractivity contribution is 0.102. The number of benzene rings is 2. The third-order valence-electron chi connectivity index (χ3n) is 3.76. The Morgan fingerprint density at radius 1 is 1.16 bits per heavy atom. The fourth-order valence-corrected chi connectivity index (χ4v) is 3.37. The Bertz CT molecular complexity index is 952. The molecule has 4 nitrogen and oxygen atoms in total. The molecule has 1 heterocycles.